The Morgan fingerprint density at radius 3 is 2.82 bits per heavy atom. The van der Waals surface area contributed by atoms with E-state index in [1.54, 1.807) is 36.5 Å². The molecule has 1 atom stereocenters. The number of hydrogen-bond acceptors (Lipinski definition) is 5. The molecule has 0 aliphatic carbocycles. The molecule has 2 heterocycles. The van der Waals surface area contributed by atoms with Crippen molar-refractivity contribution in [2.24, 2.45) is 0 Å². The molecule has 0 saturated carbocycles. The SMILES string of the molecule is COC1C=CC(Cl)=CN1c1c(F)ccc(-c2ccc3nc(N)ncc3c2)c1F. The third-order valence-corrected chi connectivity index (χ3v) is 4.66. The summed E-state index contributed by atoms with van der Waals surface area (Å²) < 4.78 is 35.3. The number of aromatic nitrogens is 2. The Morgan fingerprint density at radius 1 is 1.21 bits per heavy atom. The largest absolute Gasteiger partial charge is 0.368 e. The van der Waals surface area contributed by atoms with E-state index in [0.717, 1.165) is 0 Å². The Bertz CT molecular complexity index is 1130. The van der Waals surface area contributed by atoms with E-state index in [0.29, 0.717) is 21.5 Å². The van der Waals surface area contributed by atoms with Gasteiger partial charge in [0, 0.05) is 30.5 Å². The Hall–Kier alpha value is -3.03. The van der Waals surface area contributed by atoms with Crippen molar-refractivity contribution in [3.8, 4) is 11.1 Å². The number of hydrogen-bond donors (Lipinski definition) is 1. The lowest BCUT2D eigenvalue weighted by atomic mass is 10.0. The van der Waals surface area contributed by atoms with E-state index in [2.05, 4.69) is 9.97 Å². The van der Waals surface area contributed by atoms with Crippen LogP contribution in [0, 0.1) is 11.6 Å². The molecule has 1 aliphatic heterocycles. The van der Waals surface area contributed by atoms with E-state index < -0.39 is 17.9 Å². The predicted octanol–water partition coefficient (Wildman–Crippen LogP) is 4.59. The van der Waals surface area contributed by atoms with Gasteiger partial charge in [0.15, 0.2) is 12.0 Å². The highest BCUT2D eigenvalue weighted by Gasteiger charge is 2.26. The number of halogens is 3. The zero-order chi connectivity index (χ0) is 19.8. The zero-order valence-corrected chi connectivity index (χ0v) is 15.5. The molecular weight excluding hydrogens is 386 g/mol. The molecule has 8 heteroatoms. The van der Waals surface area contributed by atoms with Crippen LogP contribution in [-0.4, -0.2) is 23.3 Å². The van der Waals surface area contributed by atoms with Crippen LogP contribution in [0.4, 0.5) is 20.4 Å². The second-order valence-electron chi connectivity index (χ2n) is 6.17. The molecule has 0 radical (unpaired) electrons. The van der Waals surface area contributed by atoms with Crippen molar-refractivity contribution in [1.82, 2.24) is 9.97 Å². The molecule has 0 fully saturated rings. The average Bonchev–Trinajstić information content (AvgIpc) is 2.68. The first-order valence-corrected chi connectivity index (χ1v) is 8.73. The first-order valence-electron chi connectivity index (χ1n) is 8.35. The Kier molecular flexibility index (Phi) is 4.70. The molecule has 4 rings (SSSR count). The molecule has 142 valence electrons. The predicted molar refractivity (Wildman–Crippen MR) is 106 cm³/mol. The Balaban J connectivity index is 1.85. The number of fused-ring (bicyclic) bond motifs is 1. The maximum Gasteiger partial charge on any atom is 0.220 e. The van der Waals surface area contributed by atoms with Gasteiger partial charge in [0.1, 0.15) is 11.5 Å². The van der Waals surface area contributed by atoms with Crippen LogP contribution in [0.3, 0.4) is 0 Å². The van der Waals surface area contributed by atoms with Gasteiger partial charge in [0.05, 0.1) is 10.5 Å². The molecule has 0 amide bonds. The summed E-state index contributed by atoms with van der Waals surface area (Å²) in [5.74, 6) is -1.30. The quantitative estimate of drug-likeness (QED) is 0.696. The molecule has 0 spiro atoms. The van der Waals surface area contributed by atoms with Crippen molar-refractivity contribution in [3.63, 3.8) is 0 Å². The zero-order valence-electron chi connectivity index (χ0n) is 14.7. The van der Waals surface area contributed by atoms with Crippen LogP contribution in [-0.2, 0) is 4.74 Å². The van der Waals surface area contributed by atoms with Crippen molar-refractivity contribution in [2.45, 2.75) is 6.23 Å². The van der Waals surface area contributed by atoms with Gasteiger partial charge >= 0.3 is 0 Å². The highest BCUT2D eigenvalue weighted by Crippen LogP contribution is 2.36. The number of rotatable bonds is 3. The van der Waals surface area contributed by atoms with Gasteiger partial charge in [-0.15, -0.1) is 0 Å². The number of nitrogen functional groups attached to an aromatic ring is 1. The van der Waals surface area contributed by atoms with Crippen LogP contribution < -0.4 is 10.6 Å². The Morgan fingerprint density at radius 2 is 2.04 bits per heavy atom. The van der Waals surface area contributed by atoms with E-state index >= 15 is 4.39 Å². The van der Waals surface area contributed by atoms with Gasteiger partial charge < -0.3 is 15.4 Å². The molecule has 1 unspecified atom stereocenters. The lowest BCUT2D eigenvalue weighted by Gasteiger charge is -2.30. The van der Waals surface area contributed by atoms with Gasteiger partial charge in [-0.2, -0.15) is 0 Å². The van der Waals surface area contributed by atoms with Gasteiger partial charge in [-0.25, -0.2) is 18.7 Å². The molecule has 3 aromatic rings. The first kappa shape index (κ1) is 18.3. The summed E-state index contributed by atoms with van der Waals surface area (Å²) in [4.78, 5) is 9.40. The number of ether oxygens (including phenoxy) is 1. The molecular formula is C20H15ClF2N4O. The van der Waals surface area contributed by atoms with Crippen molar-refractivity contribution in [2.75, 3.05) is 17.7 Å². The standard InChI is InChI=1S/C20H15ClF2N4O/c1-28-17-7-3-13(21)10-27(17)19-15(22)5-4-14(18(19)23)11-2-6-16-12(8-11)9-25-20(24)26-16/h2-10,17H,1H3,(H2,24,25,26). The minimum absolute atomic E-state index is 0.155. The van der Waals surface area contributed by atoms with Crippen LogP contribution in [0.25, 0.3) is 22.0 Å². The minimum atomic E-state index is -0.728. The summed E-state index contributed by atoms with van der Waals surface area (Å²) in [6.45, 7) is 0. The maximum atomic E-state index is 15.4. The van der Waals surface area contributed by atoms with Crippen LogP contribution in [0.1, 0.15) is 0 Å². The molecule has 1 aromatic heterocycles. The molecule has 2 aromatic carbocycles. The van der Waals surface area contributed by atoms with E-state index in [1.807, 2.05) is 0 Å². The fraction of sp³-hybridized carbons (Fsp3) is 0.100. The lowest BCUT2D eigenvalue weighted by molar-refractivity contribution is 0.143. The van der Waals surface area contributed by atoms with Gasteiger partial charge in [-0.05, 0) is 42.0 Å². The summed E-state index contributed by atoms with van der Waals surface area (Å²) in [7, 11) is 1.45. The topological polar surface area (TPSA) is 64.3 Å². The average molecular weight is 401 g/mol. The van der Waals surface area contributed by atoms with E-state index in [4.69, 9.17) is 22.1 Å². The van der Waals surface area contributed by atoms with E-state index in [9.17, 15) is 4.39 Å². The Labute approximate surface area is 164 Å². The molecule has 0 bridgehead atoms. The van der Waals surface area contributed by atoms with E-state index in [1.165, 1.54) is 30.3 Å². The third kappa shape index (κ3) is 3.19. The van der Waals surface area contributed by atoms with Crippen molar-refractivity contribution in [1.29, 1.82) is 0 Å². The van der Waals surface area contributed by atoms with Crippen molar-refractivity contribution in [3.05, 3.63) is 71.5 Å². The second-order valence-corrected chi connectivity index (χ2v) is 6.60. The number of anilines is 2. The normalized spacial score (nSPS) is 16.5. The van der Waals surface area contributed by atoms with Crippen LogP contribution in [0.5, 0.6) is 0 Å². The summed E-state index contributed by atoms with van der Waals surface area (Å²) in [6, 6.07) is 7.73. The fourth-order valence-electron chi connectivity index (χ4n) is 3.12. The molecule has 0 saturated heterocycles. The molecule has 1 aliphatic rings. The van der Waals surface area contributed by atoms with Crippen LogP contribution >= 0.6 is 11.6 Å². The van der Waals surface area contributed by atoms with Gasteiger partial charge in [-0.1, -0.05) is 17.7 Å². The second kappa shape index (κ2) is 7.18. The van der Waals surface area contributed by atoms with Crippen molar-refractivity contribution >= 4 is 34.1 Å². The highest BCUT2D eigenvalue weighted by atomic mass is 35.5. The smallest absolute Gasteiger partial charge is 0.220 e. The molecule has 28 heavy (non-hydrogen) atoms. The number of benzene rings is 2. The highest BCUT2D eigenvalue weighted by molar-refractivity contribution is 6.31. The maximum absolute atomic E-state index is 15.4. The number of nitrogens with zero attached hydrogens (tertiary/aromatic N) is 3. The monoisotopic (exact) mass is 400 g/mol. The van der Waals surface area contributed by atoms with Gasteiger partial charge in [-0.3, -0.25) is 0 Å². The summed E-state index contributed by atoms with van der Waals surface area (Å²) >= 11 is 6.03. The van der Waals surface area contributed by atoms with Crippen LogP contribution in [0.2, 0.25) is 0 Å². The lowest BCUT2D eigenvalue weighted by Crippen LogP contribution is -2.34. The number of methoxy groups -OCH3 is 1. The van der Waals surface area contributed by atoms with Crippen molar-refractivity contribution < 1.29 is 13.5 Å². The van der Waals surface area contributed by atoms with Gasteiger partial charge in [0.2, 0.25) is 5.95 Å². The number of allylic oxidation sites excluding steroid dienone is 2. The third-order valence-electron chi connectivity index (χ3n) is 4.43. The number of nitrogens with two attached hydrogens (primary N) is 1. The van der Waals surface area contributed by atoms with Gasteiger partial charge in [0.25, 0.3) is 0 Å². The van der Waals surface area contributed by atoms with E-state index in [-0.39, 0.29) is 17.2 Å². The fourth-order valence-corrected chi connectivity index (χ4v) is 3.29. The molecule has 5 nitrogen and oxygen atoms in total. The molecule has 2 N–H and O–H groups in total. The van der Waals surface area contributed by atoms with Crippen LogP contribution in [0.15, 0.2) is 59.9 Å². The first-order chi connectivity index (χ1) is 13.5. The summed E-state index contributed by atoms with van der Waals surface area (Å²) in [5.41, 5.74) is 6.75. The summed E-state index contributed by atoms with van der Waals surface area (Å²) in [6.07, 6.45) is 5.53. The minimum Gasteiger partial charge on any atom is -0.368 e. The summed E-state index contributed by atoms with van der Waals surface area (Å²) in [5, 5.41) is 1.02.